The van der Waals surface area contributed by atoms with E-state index in [1.54, 1.807) is 18.3 Å². The summed E-state index contributed by atoms with van der Waals surface area (Å²) in [7, 11) is 0. The molecule has 3 aromatic rings. The van der Waals surface area contributed by atoms with E-state index in [0.717, 1.165) is 11.1 Å². The largest absolute Gasteiger partial charge is 0.421 e. The highest BCUT2D eigenvalue weighted by Gasteiger charge is 2.09. The van der Waals surface area contributed by atoms with Crippen LogP contribution in [0, 0.1) is 11.8 Å². The summed E-state index contributed by atoms with van der Waals surface area (Å²) in [6.07, 6.45) is 1.63. The predicted octanol–water partition coefficient (Wildman–Crippen LogP) is 1.38. The Hall–Kier alpha value is -2.84. The summed E-state index contributed by atoms with van der Waals surface area (Å²) in [6, 6.07) is 10.9. The third-order valence-electron chi connectivity index (χ3n) is 3.03. The lowest BCUT2D eigenvalue weighted by Gasteiger charge is -2.02. The summed E-state index contributed by atoms with van der Waals surface area (Å²) >= 11 is 0. The average Bonchev–Trinajstić information content (AvgIpc) is 2.83. The molecule has 3 rings (SSSR count). The number of pyridine rings is 1. The number of aliphatic hydroxyl groups excluding tert-OH is 1. The lowest BCUT2D eigenvalue weighted by Crippen LogP contribution is -2.15. The molecule has 0 atom stereocenters. The zero-order valence-electron chi connectivity index (χ0n) is 11.1. The Balaban J connectivity index is 1.92. The molecule has 5 heteroatoms. The van der Waals surface area contributed by atoms with Crippen molar-refractivity contribution in [1.82, 2.24) is 9.55 Å². The molecule has 0 bridgehead atoms. The van der Waals surface area contributed by atoms with Gasteiger partial charge < -0.3 is 9.52 Å². The van der Waals surface area contributed by atoms with Crippen molar-refractivity contribution >= 4 is 11.2 Å². The fourth-order valence-electron chi connectivity index (χ4n) is 2.06. The van der Waals surface area contributed by atoms with Crippen LogP contribution >= 0.6 is 0 Å². The standard InChI is InChI=1S/C16H12N2O3/c19-10-2-3-12-5-7-13(8-6-12)11-18-15-14(21-16(18)20)4-1-9-17-15/h1,4-9,19H,10-11H2. The molecule has 0 saturated carbocycles. The van der Waals surface area contributed by atoms with Crippen molar-refractivity contribution in [3.05, 3.63) is 64.3 Å². The van der Waals surface area contributed by atoms with Crippen LogP contribution in [0.2, 0.25) is 0 Å². The van der Waals surface area contributed by atoms with Crippen LogP contribution in [0.4, 0.5) is 0 Å². The van der Waals surface area contributed by atoms with Crippen LogP contribution in [-0.4, -0.2) is 21.3 Å². The van der Waals surface area contributed by atoms with Gasteiger partial charge in [-0.2, -0.15) is 0 Å². The average molecular weight is 280 g/mol. The van der Waals surface area contributed by atoms with E-state index in [2.05, 4.69) is 16.8 Å². The number of aromatic nitrogens is 2. The molecule has 5 nitrogen and oxygen atoms in total. The van der Waals surface area contributed by atoms with Gasteiger partial charge in [-0.15, -0.1) is 0 Å². The molecule has 0 aliphatic carbocycles. The van der Waals surface area contributed by atoms with Gasteiger partial charge in [0.25, 0.3) is 0 Å². The van der Waals surface area contributed by atoms with E-state index < -0.39 is 5.76 Å². The highest BCUT2D eigenvalue weighted by Crippen LogP contribution is 2.11. The molecular weight excluding hydrogens is 268 g/mol. The monoisotopic (exact) mass is 280 g/mol. The van der Waals surface area contributed by atoms with Gasteiger partial charge in [-0.25, -0.2) is 9.78 Å². The Morgan fingerprint density at radius 2 is 2.05 bits per heavy atom. The maximum absolute atomic E-state index is 11.9. The molecule has 2 aromatic heterocycles. The predicted molar refractivity (Wildman–Crippen MR) is 77.8 cm³/mol. The van der Waals surface area contributed by atoms with E-state index in [4.69, 9.17) is 9.52 Å². The number of hydrogen-bond donors (Lipinski definition) is 1. The number of fused-ring (bicyclic) bond motifs is 1. The fraction of sp³-hybridized carbons (Fsp3) is 0.125. The van der Waals surface area contributed by atoms with Gasteiger partial charge in [0.05, 0.1) is 6.54 Å². The second kappa shape index (κ2) is 5.65. The van der Waals surface area contributed by atoms with Crippen LogP contribution in [0.3, 0.4) is 0 Å². The van der Waals surface area contributed by atoms with E-state index >= 15 is 0 Å². The van der Waals surface area contributed by atoms with E-state index in [-0.39, 0.29) is 6.61 Å². The van der Waals surface area contributed by atoms with Crippen LogP contribution < -0.4 is 5.76 Å². The lowest BCUT2D eigenvalue weighted by molar-refractivity contribution is 0.350. The Morgan fingerprint density at radius 1 is 1.24 bits per heavy atom. The van der Waals surface area contributed by atoms with Crippen LogP contribution in [0.5, 0.6) is 0 Å². The minimum Gasteiger partial charge on any atom is -0.406 e. The van der Waals surface area contributed by atoms with Crippen LogP contribution in [0.25, 0.3) is 11.2 Å². The normalized spacial score (nSPS) is 10.3. The van der Waals surface area contributed by atoms with E-state index in [1.807, 2.05) is 24.3 Å². The highest BCUT2D eigenvalue weighted by atomic mass is 16.4. The zero-order valence-corrected chi connectivity index (χ0v) is 11.1. The smallest absolute Gasteiger partial charge is 0.406 e. The molecule has 0 aliphatic heterocycles. The first kappa shape index (κ1) is 13.2. The van der Waals surface area contributed by atoms with Crippen LogP contribution in [0.1, 0.15) is 11.1 Å². The number of oxazole rings is 1. The SMILES string of the molecule is O=c1oc2cccnc2n1Cc1ccc(C#CCO)cc1. The summed E-state index contributed by atoms with van der Waals surface area (Å²) in [5, 5.41) is 8.66. The first-order chi connectivity index (χ1) is 10.3. The molecule has 0 fully saturated rings. The lowest BCUT2D eigenvalue weighted by atomic mass is 10.1. The summed E-state index contributed by atoms with van der Waals surface area (Å²) < 4.78 is 6.63. The van der Waals surface area contributed by atoms with Crippen LogP contribution in [0.15, 0.2) is 51.8 Å². The van der Waals surface area contributed by atoms with Crippen molar-refractivity contribution in [2.24, 2.45) is 0 Å². The van der Waals surface area contributed by atoms with Crippen LogP contribution in [-0.2, 0) is 6.54 Å². The van der Waals surface area contributed by atoms with Crippen molar-refractivity contribution in [3.8, 4) is 11.8 Å². The summed E-state index contributed by atoms with van der Waals surface area (Å²) in [5.74, 6) is 4.99. The number of rotatable bonds is 2. The fourth-order valence-corrected chi connectivity index (χ4v) is 2.06. The van der Waals surface area contributed by atoms with Gasteiger partial charge in [0.2, 0.25) is 0 Å². The zero-order chi connectivity index (χ0) is 14.7. The van der Waals surface area contributed by atoms with Gasteiger partial charge in [0.15, 0.2) is 11.2 Å². The molecule has 1 aromatic carbocycles. The van der Waals surface area contributed by atoms with Gasteiger partial charge in [-0.05, 0) is 29.8 Å². The second-order valence-corrected chi connectivity index (χ2v) is 4.44. The molecule has 0 aliphatic rings. The maximum Gasteiger partial charge on any atom is 0.421 e. The second-order valence-electron chi connectivity index (χ2n) is 4.44. The Kier molecular flexibility index (Phi) is 3.54. The Morgan fingerprint density at radius 3 is 2.81 bits per heavy atom. The molecule has 1 N–H and O–H groups in total. The topological polar surface area (TPSA) is 68.3 Å². The van der Waals surface area contributed by atoms with Gasteiger partial charge in [0, 0.05) is 11.8 Å². The Bertz CT molecular complexity index is 880. The van der Waals surface area contributed by atoms with E-state index in [9.17, 15) is 4.79 Å². The molecule has 0 unspecified atom stereocenters. The van der Waals surface area contributed by atoms with Crippen molar-refractivity contribution in [2.45, 2.75) is 6.54 Å². The van der Waals surface area contributed by atoms with Gasteiger partial charge >= 0.3 is 5.76 Å². The summed E-state index contributed by atoms with van der Waals surface area (Å²) in [4.78, 5) is 16.0. The summed E-state index contributed by atoms with van der Waals surface area (Å²) in [6.45, 7) is 0.223. The number of benzene rings is 1. The van der Waals surface area contributed by atoms with E-state index in [0.29, 0.717) is 17.8 Å². The van der Waals surface area contributed by atoms with Gasteiger partial charge in [-0.1, -0.05) is 24.0 Å². The maximum atomic E-state index is 11.9. The van der Waals surface area contributed by atoms with Gasteiger partial charge in [-0.3, -0.25) is 4.57 Å². The minimum absolute atomic E-state index is 0.163. The molecule has 0 saturated heterocycles. The minimum atomic E-state index is -0.423. The number of aliphatic hydroxyl groups is 1. The first-order valence-corrected chi connectivity index (χ1v) is 6.41. The molecule has 0 amide bonds. The third-order valence-corrected chi connectivity index (χ3v) is 3.03. The quantitative estimate of drug-likeness (QED) is 0.720. The highest BCUT2D eigenvalue weighted by molar-refractivity contribution is 5.67. The number of hydrogen-bond acceptors (Lipinski definition) is 4. The van der Waals surface area contributed by atoms with E-state index in [1.165, 1.54) is 4.57 Å². The van der Waals surface area contributed by atoms with Crippen molar-refractivity contribution < 1.29 is 9.52 Å². The molecule has 104 valence electrons. The van der Waals surface area contributed by atoms with Crippen molar-refractivity contribution in [2.75, 3.05) is 6.61 Å². The number of nitrogens with zero attached hydrogens (tertiary/aromatic N) is 2. The van der Waals surface area contributed by atoms with Crippen molar-refractivity contribution in [3.63, 3.8) is 0 Å². The first-order valence-electron chi connectivity index (χ1n) is 6.41. The molecule has 0 spiro atoms. The van der Waals surface area contributed by atoms with Crippen molar-refractivity contribution in [1.29, 1.82) is 0 Å². The molecule has 21 heavy (non-hydrogen) atoms. The molecule has 2 heterocycles. The van der Waals surface area contributed by atoms with Gasteiger partial charge in [0.1, 0.15) is 6.61 Å². The molecular formula is C16H12N2O3. The molecule has 0 radical (unpaired) electrons. The summed E-state index contributed by atoms with van der Waals surface area (Å²) in [5.41, 5.74) is 2.77. The third kappa shape index (κ3) is 2.71. The Labute approximate surface area is 120 Å².